The summed E-state index contributed by atoms with van der Waals surface area (Å²) in [6.45, 7) is 3.21. The van der Waals surface area contributed by atoms with Crippen molar-refractivity contribution in [2.75, 3.05) is 49.2 Å². The molecule has 238 valence electrons. The Morgan fingerprint density at radius 3 is 2.00 bits per heavy atom. The van der Waals surface area contributed by atoms with Crippen molar-refractivity contribution in [1.82, 2.24) is 14.3 Å². The maximum atomic E-state index is 14.5. The summed E-state index contributed by atoms with van der Waals surface area (Å²) < 4.78 is 92.0. The van der Waals surface area contributed by atoms with Crippen molar-refractivity contribution in [3.63, 3.8) is 0 Å². The molecule has 0 saturated carbocycles. The van der Waals surface area contributed by atoms with Gasteiger partial charge in [0.2, 0.25) is 0 Å². The second kappa shape index (κ2) is 11.8. The molecule has 3 aromatic carbocycles. The molecule has 2 aliphatic rings. The largest absolute Gasteiger partial charge is 0.487 e. The Morgan fingerprint density at radius 1 is 0.911 bits per heavy atom. The molecule has 2 atom stereocenters. The van der Waals surface area contributed by atoms with Gasteiger partial charge in [0.05, 0.1) is 18.3 Å². The van der Waals surface area contributed by atoms with Crippen molar-refractivity contribution in [3.8, 4) is 11.4 Å². The van der Waals surface area contributed by atoms with E-state index in [1.807, 2.05) is 12.1 Å². The van der Waals surface area contributed by atoms with Crippen LogP contribution >= 0.6 is 0 Å². The Kier molecular flexibility index (Phi) is 8.02. The number of aromatic nitrogens is 3. The first-order chi connectivity index (χ1) is 21.5. The number of ether oxygens (including phenoxy) is 2. The van der Waals surface area contributed by atoms with Gasteiger partial charge in [0, 0.05) is 49.2 Å². The zero-order chi connectivity index (χ0) is 31.9. The predicted molar refractivity (Wildman–Crippen MR) is 154 cm³/mol. The molecule has 3 heterocycles. The summed E-state index contributed by atoms with van der Waals surface area (Å²) in [4.78, 5) is 17.6. The molecule has 0 spiro atoms. The van der Waals surface area contributed by atoms with E-state index in [9.17, 15) is 31.1 Å². The second-order valence-corrected chi connectivity index (χ2v) is 11.0. The number of halogens is 6. The van der Waals surface area contributed by atoms with E-state index in [4.69, 9.17) is 9.47 Å². The molecule has 0 bridgehead atoms. The number of hydrogen-bond donors (Lipinski definition) is 0. The average Bonchev–Trinajstić information content (AvgIpc) is 3.75. The van der Waals surface area contributed by atoms with E-state index in [1.165, 1.54) is 33.8 Å². The molecule has 4 aromatic rings. The summed E-state index contributed by atoms with van der Waals surface area (Å²) in [5.41, 5.74) is 1.02. The molecule has 2 aliphatic heterocycles. The van der Waals surface area contributed by atoms with Crippen molar-refractivity contribution in [2.45, 2.75) is 30.9 Å². The molecule has 0 N–H and O–H groups in total. The van der Waals surface area contributed by atoms with E-state index < -0.39 is 47.9 Å². The minimum atomic E-state index is -4.22. The number of piperazine rings is 1. The monoisotopic (exact) mass is 633 g/mol. The Labute approximate surface area is 254 Å². The molecule has 8 nitrogen and oxygen atoms in total. The van der Waals surface area contributed by atoms with Crippen molar-refractivity contribution < 1.29 is 35.8 Å². The van der Waals surface area contributed by atoms with E-state index in [2.05, 4.69) is 14.9 Å². The highest BCUT2D eigenvalue weighted by Crippen LogP contribution is 2.48. The average molecular weight is 634 g/mol. The number of rotatable bonds is 10. The van der Waals surface area contributed by atoms with E-state index >= 15 is 0 Å². The quantitative estimate of drug-likeness (QED) is 0.172. The van der Waals surface area contributed by atoms with Crippen LogP contribution in [0.15, 0.2) is 77.9 Å². The number of epoxide rings is 1. The third kappa shape index (κ3) is 5.98. The molecular formula is C31H29F6N5O3. The lowest BCUT2D eigenvalue weighted by Crippen LogP contribution is -2.46. The number of nitrogens with zero attached hydrogens (tertiary/aromatic N) is 5. The fourth-order valence-corrected chi connectivity index (χ4v) is 5.53. The van der Waals surface area contributed by atoms with Crippen molar-refractivity contribution >= 4 is 11.4 Å². The number of alkyl halides is 4. The minimum Gasteiger partial charge on any atom is -0.487 e. The summed E-state index contributed by atoms with van der Waals surface area (Å²) in [5.74, 6) is -5.58. The van der Waals surface area contributed by atoms with E-state index in [-0.39, 0.29) is 17.9 Å². The zero-order valence-electron chi connectivity index (χ0n) is 24.1. The molecule has 2 saturated heterocycles. The Bertz CT molecular complexity index is 1700. The lowest BCUT2D eigenvalue weighted by atomic mass is 9.92. The molecular weight excluding hydrogens is 604 g/mol. The van der Waals surface area contributed by atoms with Gasteiger partial charge in [0.15, 0.2) is 6.61 Å². The Morgan fingerprint density at radius 2 is 1.47 bits per heavy atom. The van der Waals surface area contributed by atoms with Crippen molar-refractivity contribution in [3.05, 3.63) is 101 Å². The van der Waals surface area contributed by atoms with Gasteiger partial charge in [-0.2, -0.15) is 13.9 Å². The lowest BCUT2D eigenvalue weighted by Gasteiger charge is -2.37. The molecule has 6 rings (SSSR count). The Balaban J connectivity index is 1.07. The van der Waals surface area contributed by atoms with Gasteiger partial charge in [-0.05, 0) is 61.5 Å². The molecule has 0 amide bonds. The first kappa shape index (κ1) is 30.6. The van der Waals surface area contributed by atoms with Gasteiger partial charge in [-0.3, -0.25) is 0 Å². The van der Waals surface area contributed by atoms with Crippen LogP contribution < -0.4 is 20.2 Å². The molecule has 2 fully saturated rings. The highest BCUT2D eigenvalue weighted by molar-refractivity contribution is 5.54. The van der Waals surface area contributed by atoms with Crippen LogP contribution in [0.4, 0.5) is 37.7 Å². The van der Waals surface area contributed by atoms with Gasteiger partial charge in [-0.1, -0.05) is 6.07 Å². The summed E-state index contributed by atoms with van der Waals surface area (Å²) in [5, 5.41) is 4.26. The summed E-state index contributed by atoms with van der Waals surface area (Å²) >= 11 is 0. The number of anilines is 2. The fraction of sp³-hybridized carbons (Fsp3) is 0.355. The van der Waals surface area contributed by atoms with Crippen LogP contribution in [-0.4, -0.2) is 66.1 Å². The van der Waals surface area contributed by atoms with Crippen LogP contribution in [0.25, 0.3) is 5.69 Å². The first-order valence-electron chi connectivity index (χ1n) is 14.2. The van der Waals surface area contributed by atoms with Crippen LogP contribution in [0, 0.1) is 11.6 Å². The van der Waals surface area contributed by atoms with Crippen molar-refractivity contribution in [2.24, 2.45) is 0 Å². The first-order valence-corrected chi connectivity index (χ1v) is 14.2. The van der Waals surface area contributed by atoms with Crippen LogP contribution in [0.3, 0.4) is 0 Å². The zero-order valence-corrected chi connectivity index (χ0v) is 24.1. The summed E-state index contributed by atoms with van der Waals surface area (Å²) in [6.07, 6.45) is -2.40. The maximum absolute atomic E-state index is 14.5. The van der Waals surface area contributed by atoms with E-state index in [0.717, 1.165) is 23.5 Å². The third-order valence-electron chi connectivity index (χ3n) is 8.30. The molecule has 0 radical (unpaired) electrons. The molecule has 0 unspecified atom stereocenters. The maximum Gasteiger partial charge on any atom is 0.350 e. The molecule has 14 heteroatoms. The van der Waals surface area contributed by atoms with Gasteiger partial charge >= 0.3 is 18.0 Å². The summed E-state index contributed by atoms with van der Waals surface area (Å²) in [7, 11) is 0. The minimum absolute atomic E-state index is 0.0825. The SMILES string of the molecule is C[C@@H](n1ncn(-c2ccc(N3CCN(c4ccc(OCC(F)(F)C(F)F)cc4)CC3)cc2)c1=O)[C@@]1(c2ccc(F)cc2F)CO1. The van der Waals surface area contributed by atoms with Crippen molar-refractivity contribution in [1.29, 1.82) is 0 Å². The topological polar surface area (TPSA) is 68.1 Å². The Hall–Kier alpha value is -4.46. The fourth-order valence-electron chi connectivity index (χ4n) is 5.53. The van der Waals surface area contributed by atoms with E-state index in [1.54, 1.807) is 31.2 Å². The van der Waals surface area contributed by atoms with Gasteiger partial charge in [-0.15, -0.1) is 0 Å². The van der Waals surface area contributed by atoms with Gasteiger partial charge < -0.3 is 19.3 Å². The van der Waals surface area contributed by atoms with Gasteiger partial charge in [0.1, 0.15) is 29.3 Å². The smallest absolute Gasteiger partial charge is 0.350 e. The third-order valence-corrected chi connectivity index (χ3v) is 8.30. The standard InChI is InChI=1S/C31H29F6N5O3/c1-20(30(17-45-30)26-11-2-21(32)16-27(26)33)42-29(43)41(19-38-42)24-5-3-22(4-6-24)39-12-14-40(15-13-39)23-7-9-25(10-8-23)44-18-31(36,37)28(34)35/h2-11,16,19-20,28H,12-15,17-18H2,1H3/t20-,30-/m1/s1. The van der Waals surface area contributed by atoms with Crippen LogP contribution in [0.2, 0.25) is 0 Å². The second-order valence-electron chi connectivity index (χ2n) is 11.0. The predicted octanol–water partition coefficient (Wildman–Crippen LogP) is 5.40. The van der Waals surface area contributed by atoms with Crippen LogP contribution in [0.5, 0.6) is 5.75 Å². The van der Waals surface area contributed by atoms with Gasteiger partial charge in [0.25, 0.3) is 0 Å². The van der Waals surface area contributed by atoms with E-state index in [0.29, 0.717) is 31.9 Å². The van der Waals surface area contributed by atoms with Gasteiger partial charge in [-0.25, -0.2) is 31.6 Å². The van der Waals surface area contributed by atoms with Crippen LogP contribution in [0.1, 0.15) is 18.5 Å². The highest BCUT2D eigenvalue weighted by atomic mass is 19.3. The molecule has 1 aromatic heterocycles. The summed E-state index contributed by atoms with van der Waals surface area (Å²) in [6, 6.07) is 16.4. The number of benzene rings is 3. The lowest BCUT2D eigenvalue weighted by molar-refractivity contribution is -0.148. The molecule has 45 heavy (non-hydrogen) atoms. The highest BCUT2D eigenvalue weighted by Gasteiger charge is 2.54. The molecule has 0 aliphatic carbocycles. The normalized spacial score (nSPS) is 19.2. The van der Waals surface area contributed by atoms with Crippen LogP contribution in [-0.2, 0) is 10.3 Å². The number of hydrogen-bond acceptors (Lipinski definition) is 6.